The lowest BCUT2D eigenvalue weighted by Gasteiger charge is -2.09. The summed E-state index contributed by atoms with van der Waals surface area (Å²) in [5.41, 5.74) is -4.25. The van der Waals surface area contributed by atoms with E-state index in [-0.39, 0.29) is 0 Å². The van der Waals surface area contributed by atoms with Gasteiger partial charge in [-0.05, 0) is 24.3 Å². The standard InChI is InChI=1S/C10H8F3N3O2S/c11-10(12,13)19(17,18)9-3-1-7(2-4-9)16-8-5-14-15-6-8/h1-6,16H,(H,14,15). The summed E-state index contributed by atoms with van der Waals surface area (Å²) in [6.45, 7) is 0. The van der Waals surface area contributed by atoms with Crippen LogP contribution in [0.25, 0.3) is 0 Å². The third-order valence-corrected chi connectivity index (χ3v) is 3.76. The van der Waals surface area contributed by atoms with Gasteiger partial charge in [-0.15, -0.1) is 0 Å². The molecule has 0 aliphatic rings. The summed E-state index contributed by atoms with van der Waals surface area (Å²) in [5.74, 6) is 0. The second kappa shape index (κ2) is 4.57. The quantitative estimate of drug-likeness (QED) is 0.911. The molecule has 5 nitrogen and oxygen atoms in total. The SMILES string of the molecule is O=S(=O)(c1ccc(Nc2cn[nH]c2)cc1)C(F)(F)F. The average Bonchev–Trinajstić information content (AvgIpc) is 2.81. The number of aromatic nitrogens is 2. The Morgan fingerprint density at radius 2 is 1.74 bits per heavy atom. The normalized spacial score (nSPS) is 12.4. The minimum absolute atomic E-state index is 0.447. The van der Waals surface area contributed by atoms with Gasteiger partial charge in [0.1, 0.15) is 0 Å². The number of hydrogen-bond acceptors (Lipinski definition) is 4. The van der Waals surface area contributed by atoms with E-state index in [0.717, 1.165) is 12.1 Å². The molecular weight excluding hydrogens is 283 g/mol. The van der Waals surface area contributed by atoms with Crippen molar-refractivity contribution in [2.75, 3.05) is 5.32 Å². The molecular formula is C10H8F3N3O2S. The number of hydrogen-bond donors (Lipinski definition) is 2. The molecule has 2 rings (SSSR count). The van der Waals surface area contributed by atoms with Gasteiger partial charge in [0.15, 0.2) is 0 Å². The van der Waals surface area contributed by atoms with E-state index in [1.807, 2.05) is 0 Å². The summed E-state index contributed by atoms with van der Waals surface area (Å²) in [6.07, 6.45) is 3.01. The van der Waals surface area contributed by atoms with Crippen LogP contribution in [0.4, 0.5) is 24.5 Å². The number of halogens is 3. The van der Waals surface area contributed by atoms with Crippen molar-refractivity contribution in [3.05, 3.63) is 36.7 Å². The minimum Gasteiger partial charge on any atom is -0.353 e. The Bertz CT molecular complexity index is 648. The van der Waals surface area contributed by atoms with Gasteiger partial charge in [0.25, 0.3) is 9.84 Å². The molecule has 2 N–H and O–H groups in total. The van der Waals surface area contributed by atoms with Crippen LogP contribution in [0, 0.1) is 0 Å². The van der Waals surface area contributed by atoms with Gasteiger partial charge in [0.2, 0.25) is 0 Å². The van der Waals surface area contributed by atoms with Crippen LogP contribution in [0.3, 0.4) is 0 Å². The third kappa shape index (κ3) is 2.70. The number of nitrogens with one attached hydrogen (secondary N) is 2. The van der Waals surface area contributed by atoms with E-state index in [1.54, 1.807) is 6.20 Å². The van der Waals surface area contributed by atoms with E-state index in [9.17, 15) is 21.6 Å². The Morgan fingerprint density at radius 1 is 1.11 bits per heavy atom. The highest BCUT2D eigenvalue weighted by Gasteiger charge is 2.46. The van der Waals surface area contributed by atoms with Gasteiger partial charge >= 0.3 is 5.51 Å². The largest absolute Gasteiger partial charge is 0.501 e. The molecule has 0 saturated carbocycles. The fourth-order valence-corrected chi connectivity index (χ4v) is 2.10. The lowest BCUT2D eigenvalue weighted by molar-refractivity contribution is -0.0436. The monoisotopic (exact) mass is 291 g/mol. The maximum Gasteiger partial charge on any atom is 0.501 e. The van der Waals surface area contributed by atoms with E-state index >= 15 is 0 Å². The second-order valence-electron chi connectivity index (χ2n) is 3.59. The number of anilines is 2. The summed E-state index contributed by atoms with van der Waals surface area (Å²) in [5, 5.41) is 9.06. The molecule has 0 radical (unpaired) electrons. The molecule has 2 aromatic rings. The second-order valence-corrected chi connectivity index (χ2v) is 5.53. The summed E-state index contributed by atoms with van der Waals surface area (Å²) in [6, 6.07) is 4.27. The molecule has 0 aliphatic heterocycles. The summed E-state index contributed by atoms with van der Waals surface area (Å²) < 4.78 is 59.2. The fraction of sp³-hybridized carbons (Fsp3) is 0.100. The van der Waals surface area contributed by atoms with E-state index < -0.39 is 20.2 Å². The van der Waals surface area contributed by atoms with Crippen molar-refractivity contribution in [3.63, 3.8) is 0 Å². The molecule has 9 heteroatoms. The number of sulfone groups is 1. The highest BCUT2D eigenvalue weighted by Crippen LogP contribution is 2.30. The number of aromatic amines is 1. The molecule has 0 amide bonds. The molecule has 102 valence electrons. The Morgan fingerprint density at radius 3 is 2.21 bits per heavy atom. The van der Waals surface area contributed by atoms with Crippen molar-refractivity contribution in [1.29, 1.82) is 0 Å². The number of H-pyrrole nitrogens is 1. The highest BCUT2D eigenvalue weighted by molar-refractivity contribution is 7.92. The Kier molecular flexibility index (Phi) is 3.23. The molecule has 0 aliphatic carbocycles. The van der Waals surface area contributed by atoms with Crippen LogP contribution in [-0.2, 0) is 9.84 Å². The smallest absolute Gasteiger partial charge is 0.353 e. The van der Waals surface area contributed by atoms with Gasteiger partial charge in [0, 0.05) is 11.9 Å². The van der Waals surface area contributed by atoms with Crippen LogP contribution in [0.5, 0.6) is 0 Å². The van der Waals surface area contributed by atoms with Gasteiger partial charge in [-0.1, -0.05) is 0 Å². The highest BCUT2D eigenvalue weighted by atomic mass is 32.2. The van der Waals surface area contributed by atoms with Gasteiger partial charge in [-0.25, -0.2) is 8.42 Å². The molecule has 1 heterocycles. The first-order chi connectivity index (χ1) is 8.80. The van der Waals surface area contributed by atoms with Gasteiger partial charge in [-0.3, -0.25) is 5.10 Å². The van der Waals surface area contributed by atoms with Crippen molar-refractivity contribution in [1.82, 2.24) is 10.2 Å². The maximum atomic E-state index is 12.3. The molecule has 0 atom stereocenters. The topological polar surface area (TPSA) is 74.8 Å². The van der Waals surface area contributed by atoms with Crippen LogP contribution >= 0.6 is 0 Å². The zero-order valence-corrected chi connectivity index (χ0v) is 10.1. The Balaban J connectivity index is 2.24. The summed E-state index contributed by atoms with van der Waals surface area (Å²) >= 11 is 0. The zero-order valence-electron chi connectivity index (χ0n) is 9.27. The van der Waals surface area contributed by atoms with Gasteiger partial charge in [0.05, 0.1) is 16.8 Å². The van der Waals surface area contributed by atoms with Crippen LogP contribution < -0.4 is 5.32 Å². The molecule has 0 saturated heterocycles. The number of benzene rings is 1. The van der Waals surface area contributed by atoms with Crippen LogP contribution in [0.15, 0.2) is 41.6 Å². The first kappa shape index (κ1) is 13.4. The van der Waals surface area contributed by atoms with Gasteiger partial charge in [-0.2, -0.15) is 18.3 Å². The van der Waals surface area contributed by atoms with Crippen LogP contribution in [-0.4, -0.2) is 24.1 Å². The van der Waals surface area contributed by atoms with Crippen LogP contribution in [0.1, 0.15) is 0 Å². The Hall–Kier alpha value is -2.03. The number of nitrogens with zero attached hydrogens (tertiary/aromatic N) is 1. The maximum absolute atomic E-state index is 12.3. The van der Waals surface area contributed by atoms with Gasteiger partial charge < -0.3 is 5.32 Å². The summed E-state index contributed by atoms with van der Waals surface area (Å²) in [7, 11) is -5.30. The van der Waals surface area contributed by atoms with Crippen molar-refractivity contribution < 1.29 is 21.6 Å². The first-order valence-electron chi connectivity index (χ1n) is 4.98. The first-order valence-corrected chi connectivity index (χ1v) is 6.46. The fourth-order valence-electron chi connectivity index (χ4n) is 1.34. The van der Waals surface area contributed by atoms with Crippen molar-refractivity contribution >= 4 is 21.2 Å². The predicted molar refractivity (Wildman–Crippen MR) is 61.6 cm³/mol. The number of rotatable bonds is 3. The predicted octanol–water partition coefficient (Wildman–Crippen LogP) is 2.45. The van der Waals surface area contributed by atoms with E-state index in [4.69, 9.17) is 0 Å². The lowest BCUT2D eigenvalue weighted by atomic mass is 10.3. The molecule has 0 fully saturated rings. The molecule has 19 heavy (non-hydrogen) atoms. The molecule has 0 unspecified atom stereocenters. The molecule has 1 aromatic heterocycles. The summed E-state index contributed by atoms with van der Waals surface area (Å²) in [4.78, 5) is -0.794. The van der Waals surface area contributed by atoms with E-state index in [1.165, 1.54) is 18.3 Å². The molecule has 1 aromatic carbocycles. The van der Waals surface area contributed by atoms with E-state index in [2.05, 4.69) is 15.5 Å². The molecule has 0 spiro atoms. The van der Waals surface area contributed by atoms with Crippen molar-refractivity contribution in [3.8, 4) is 0 Å². The molecule has 0 bridgehead atoms. The van der Waals surface area contributed by atoms with Crippen molar-refractivity contribution in [2.45, 2.75) is 10.4 Å². The lowest BCUT2D eigenvalue weighted by Crippen LogP contribution is -2.23. The number of alkyl halides is 3. The van der Waals surface area contributed by atoms with E-state index in [0.29, 0.717) is 11.4 Å². The Labute approximate surface area is 106 Å². The van der Waals surface area contributed by atoms with Crippen molar-refractivity contribution in [2.24, 2.45) is 0 Å². The minimum atomic E-state index is -5.30. The third-order valence-electron chi connectivity index (χ3n) is 2.26. The average molecular weight is 291 g/mol. The van der Waals surface area contributed by atoms with Crippen LogP contribution in [0.2, 0.25) is 0 Å². The zero-order chi connectivity index (χ0) is 14.1.